The summed E-state index contributed by atoms with van der Waals surface area (Å²) in [6, 6.07) is 10.6. The van der Waals surface area contributed by atoms with Crippen molar-refractivity contribution in [3.8, 4) is 5.75 Å². The molecule has 1 N–H and O–H groups in total. The van der Waals surface area contributed by atoms with Gasteiger partial charge in [-0.1, -0.05) is 23.2 Å². The number of esters is 2. The van der Waals surface area contributed by atoms with E-state index in [4.69, 9.17) is 32.7 Å². The van der Waals surface area contributed by atoms with Gasteiger partial charge in [0.05, 0.1) is 17.7 Å². The number of carbonyl (C=O) groups excluding carboxylic acids is 3. The molecule has 7 nitrogen and oxygen atoms in total. The zero-order valence-electron chi connectivity index (χ0n) is 14.2. The summed E-state index contributed by atoms with van der Waals surface area (Å²) in [6.07, 6.45) is 0. The first-order valence-corrected chi connectivity index (χ1v) is 8.36. The summed E-state index contributed by atoms with van der Waals surface area (Å²) in [6.45, 7) is -0.905. The third kappa shape index (κ3) is 6.47. The predicted octanol–water partition coefficient (Wildman–Crippen LogP) is 3.34. The molecule has 0 aliphatic carbocycles. The fraction of sp³-hybridized carbons (Fsp3) is 0.167. The fourth-order valence-electron chi connectivity index (χ4n) is 1.92. The first kappa shape index (κ1) is 20.5. The average Bonchev–Trinajstić information content (AvgIpc) is 2.65. The van der Waals surface area contributed by atoms with Crippen LogP contribution in [-0.2, 0) is 19.1 Å². The molecule has 0 fully saturated rings. The Morgan fingerprint density at radius 3 is 2.33 bits per heavy atom. The van der Waals surface area contributed by atoms with Crippen LogP contribution in [0.15, 0.2) is 42.5 Å². The molecule has 0 saturated carbocycles. The molecule has 2 rings (SSSR count). The lowest BCUT2D eigenvalue weighted by atomic mass is 10.2. The summed E-state index contributed by atoms with van der Waals surface area (Å²) in [4.78, 5) is 34.8. The number of methoxy groups -OCH3 is 1. The zero-order valence-corrected chi connectivity index (χ0v) is 15.7. The van der Waals surface area contributed by atoms with Crippen molar-refractivity contribution in [2.24, 2.45) is 0 Å². The zero-order chi connectivity index (χ0) is 19.8. The lowest BCUT2D eigenvalue weighted by Crippen LogP contribution is -2.23. The van der Waals surface area contributed by atoms with Crippen LogP contribution in [-0.4, -0.2) is 38.2 Å². The van der Waals surface area contributed by atoms with Gasteiger partial charge in [-0.15, -0.1) is 0 Å². The molecule has 9 heteroatoms. The summed E-state index contributed by atoms with van der Waals surface area (Å²) in [5.41, 5.74) is 0.785. The van der Waals surface area contributed by atoms with E-state index in [1.54, 1.807) is 6.07 Å². The van der Waals surface area contributed by atoms with E-state index in [0.29, 0.717) is 16.3 Å². The average molecular weight is 412 g/mol. The monoisotopic (exact) mass is 411 g/mol. The second-order valence-electron chi connectivity index (χ2n) is 5.14. The van der Waals surface area contributed by atoms with E-state index in [2.05, 4.69) is 10.1 Å². The van der Waals surface area contributed by atoms with Gasteiger partial charge >= 0.3 is 11.9 Å². The molecule has 0 radical (unpaired) electrons. The van der Waals surface area contributed by atoms with Crippen LogP contribution in [0.3, 0.4) is 0 Å². The SMILES string of the molecule is COC(=O)c1ccc(NC(=O)COC(=O)COc2ccc(Cl)cc2Cl)cc1. The number of anilines is 1. The number of hydrogen-bond donors (Lipinski definition) is 1. The molecule has 0 heterocycles. The van der Waals surface area contributed by atoms with Crippen molar-refractivity contribution in [1.82, 2.24) is 0 Å². The van der Waals surface area contributed by atoms with Gasteiger partial charge in [0.25, 0.3) is 5.91 Å². The van der Waals surface area contributed by atoms with Crippen LogP contribution in [0.1, 0.15) is 10.4 Å². The molecule has 0 bridgehead atoms. The van der Waals surface area contributed by atoms with Crippen LogP contribution in [0.4, 0.5) is 5.69 Å². The highest BCUT2D eigenvalue weighted by Crippen LogP contribution is 2.27. The number of benzene rings is 2. The topological polar surface area (TPSA) is 90.9 Å². The van der Waals surface area contributed by atoms with Crippen molar-refractivity contribution in [1.29, 1.82) is 0 Å². The van der Waals surface area contributed by atoms with Gasteiger partial charge < -0.3 is 19.5 Å². The quantitative estimate of drug-likeness (QED) is 0.702. The maximum atomic E-state index is 11.8. The normalized spacial score (nSPS) is 10.0. The van der Waals surface area contributed by atoms with Crippen molar-refractivity contribution in [2.45, 2.75) is 0 Å². The molecule has 0 atom stereocenters. The Hall–Kier alpha value is -2.77. The molecule has 0 spiro atoms. The van der Waals surface area contributed by atoms with Crippen molar-refractivity contribution in [2.75, 3.05) is 25.6 Å². The van der Waals surface area contributed by atoms with Gasteiger partial charge in [-0.25, -0.2) is 9.59 Å². The number of hydrogen-bond acceptors (Lipinski definition) is 6. The van der Waals surface area contributed by atoms with E-state index in [1.165, 1.54) is 43.5 Å². The highest BCUT2D eigenvalue weighted by atomic mass is 35.5. The summed E-state index contributed by atoms with van der Waals surface area (Å²) in [5.74, 6) is -1.49. The van der Waals surface area contributed by atoms with E-state index in [9.17, 15) is 14.4 Å². The number of nitrogens with one attached hydrogen (secondary N) is 1. The van der Waals surface area contributed by atoms with Crippen LogP contribution < -0.4 is 10.1 Å². The number of halogens is 2. The minimum atomic E-state index is -0.739. The summed E-state index contributed by atoms with van der Waals surface area (Å²) in [7, 11) is 1.27. The van der Waals surface area contributed by atoms with Crippen LogP contribution in [0.5, 0.6) is 5.75 Å². The second kappa shape index (κ2) is 9.80. The second-order valence-corrected chi connectivity index (χ2v) is 5.98. The van der Waals surface area contributed by atoms with Gasteiger partial charge in [-0.2, -0.15) is 0 Å². The molecule has 0 aliphatic rings. The molecule has 142 valence electrons. The molecule has 0 aliphatic heterocycles. The Kier molecular flexibility index (Phi) is 7.45. The Labute approximate surface area is 165 Å². The number of amides is 1. The molecule has 0 saturated heterocycles. The third-order valence-corrected chi connectivity index (χ3v) is 3.72. The van der Waals surface area contributed by atoms with Gasteiger partial charge in [0.1, 0.15) is 5.75 Å². The number of ether oxygens (including phenoxy) is 3. The van der Waals surface area contributed by atoms with Crippen LogP contribution in [0.2, 0.25) is 10.0 Å². The Morgan fingerprint density at radius 2 is 1.70 bits per heavy atom. The Morgan fingerprint density at radius 1 is 1.00 bits per heavy atom. The van der Waals surface area contributed by atoms with E-state index < -0.39 is 31.1 Å². The Balaban J connectivity index is 1.76. The van der Waals surface area contributed by atoms with Crippen molar-refractivity contribution in [3.63, 3.8) is 0 Å². The molecule has 2 aromatic carbocycles. The summed E-state index contributed by atoms with van der Waals surface area (Å²) < 4.78 is 14.6. The molecule has 0 unspecified atom stereocenters. The van der Waals surface area contributed by atoms with E-state index in [-0.39, 0.29) is 10.8 Å². The molecular weight excluding hydrogens is 397 g/mol. The van der Waals surface area contributed by atoms with Crippen LogP contribution in [0.25, 0.3) is 0 Å². The third-order valence-electron chi connectivity index (χ3n) is 3.19. The lowest BCUT2D eigenvalue weighted by molar-refractivity contribution is -0.149. The predicted molar refractivity (Wildman–Crippen MR) is 99.3 cm³/mol. The Bertz CT molecular complexity index is 838. The van der Waals surface area contributed by atoms with Gasteiger partial charge in [-0.05, 0) is 42.5 Å². The fourth-order valence-corrected chi connectivity index (χ4v) is 2.38. The van der Waals surface area contributed by atoms with Gasteiger partial charge in [0.15, 0.2) is 13.2 Å². The molecule has 1 amide bonds. The maximum absolute atomic E-state index is 11.8. The minimum absolute atomic E-state index is 0.253. The maximum Gasteiger partial charge on any atom is 0.344 e. The molecule has 2 aromatic rings. The lowest BCUT2D eigenvalue weighted by Gasteiger charge is -2.09. The van der Waals surface area contributed by atoms with Crippen LogP contribution >= 0.6 is 23.2 Å². The molecule has 27 heavy (non-hydrogen) atoms. The van der Waals surface area contributed by atoms with Crippen LogP contribution in [0, 0.1) is 0 Å². The molecule has 0 aromatic heterocycles. The minimum Gasteiger partial charge on any atom is -0.480 e. The van der Waals surface area contributed by atoms with Crippen molar-refractivity contribution in [3.05, 3.63) is 58.1 Å². The van der Waals surface area contributed by atoms with Gasteiger partial charge in [0.2, 0.25) is 0 Å². The highest BCUT2D eigenvalue weighted by molar-refractivity contribution is 6.35. The largest absolute Gasteiger partial charge is 0.480 e. The number of carbonyl (C=O) groups is 3. The van der Waals surface area contributed by atoms with Gasteiger partial charge in [0, 0.05) is 10.7 Å². The standard InChI is InChI=1S/C18H15Cl2NO6/c1-25-18(24)11-2-5-13(6-3-11)21-16(22)9-27-17(23)10-26-15-7-4-12(19)8-14(15)20/h2-8H,9-10H2,1H3,(H,21,22). The van der Waals surface area contributed by atoms with Crippen molar-refractivity contribution >= 4 is 46.7 Å². The van der Waals surface area contributed by atoms with E-state index in [1.807, 2.05) is 0 Å². The highest BCUT2D eigenvalue weighted by Gasteiger charge is 2.11. The number of rotatable bonds is 7. The van der Waals surface area contributed by atoms with E-state index >= 15 is 0 Å². The van der Waals surface area contributed by atoms with Crippen molar-refractivity contribution < 1.29 is 28.6 Å². The summed E-state index contributed by atoms with van der Waals surface area (Å²) >= 11 is 11.7. The summed E-state index contributed by atoms with van der Waals surface area (Å²) in [5, 5.41) is 3.22. The first-order valence-electron chi connectivity index (χ1n) is 7.60. The first-order chi connectivity index (χ1) is 12.9. The molecular formula is C18H15Cl2NO6. The van der Waals surface area contributed by atoms with E-state index in [0.717, 1.165) is 0 Å². The smallest absolute Gasteiger partial charge is 0.344 e. The van der Waals surface area contributed by atoms with Gasteiger partial charge in [-0.3, -0.25) is 4.79 Å².